The molecule has 2 aromatic heterocycles. The van der Waals surface area contributed by atoms with Gasteiger partial charge in [-0.15, -0.1) is 0 Å². The van der Waals surface area contributed by atoms with Crippen molar-refractivity contribution in [2.24, 2.45) is 5.92 Å². The van der Waals surface area contributed by atoms with Gasteiger partial charge in [-0.05, 0) is 18.8 Å². The van der Waals surface area contributed by atoms with Gasteiger partial charge in [-0.25, -0.2) is 19.3 Å². The summed E-state index contributed by atoms with van der Waals surface area (Å²) in [5.41, 5.74) is 0. The molecular weight excluding hydrogens is 273 g/mol. The van der Waals surface area contributed by atoms with Gasteiger partial charge in [-0.2, -0.15) is 0 Å². The quantitative estimate of drug-likeness (QED) is 0.853. The molecule has 0 saturated carbocycles. The first-order valence-electron chi connectivity index (χ1n) is 6.92. The minimum atomic E-state index is -0.369. The molecule has 3 rings (SSSR count). The van der Waals surface area contributed by atoms with Crippen LogP contribution in [0.5, 0.6) is 5.88 Å². The van der Waals surface area contributed by atoms with E-state index in [0.717, 1.165) is 25.9 Å². The van der Waals surface area contributed by atoms with Crippen LogP contribution >= 0.6 is 0 Å². The van der Waals surface area contributed by atoms with E-state index in [9.17, 15) is 4.39 Å². The fourth-order valence-electron chi connectivity index (χ4n) is 2.41. The van der Waals surface area contributed by atoms with Gasteiger partial charge in [0, 0.05) is 25.5 Å². The summed E-state index contributed by atoms with van der Waals surface area (Å²) in [6, 6.07) is 0. The molecule has 0 N–H and O–H groups in total. The van der Waals surface area contributed by atoms with Crippen LogP contribution in [-0.2, 0) is 0 Å². The van der Waals surface area contributed by atoms with E-state index in [1.807, 2.05) is 4.90 Å². The van der Waals surface area contributed by atoms with Crippen LogP contribution < -0.4 is 9.64 Å². The lowest BCUT2D eigenvalue weighted by molar-refractivity contribution is 0.215. The molecule has 21 heavy (non-hydrogen) atoms. The first kappa shape index (κ1) is 13.7. The SMILES string of the molecule is Fc1cncnc1N1CCC(COc2cnccn2)CC1. The molecule has 1 aliphatic rings. The maximum Gasteiger partial charge on any atom is 0.232 e. The van der Waals surface area contributed by atoms with Crippen LogP contribution in [0.25, 0.3) is 0 Å². The Bertz CT molecular complexity index is 575. The zero-order valence-corrected chi connectivity index (χ0v) is 11.5. The molecular formula is C14H16FN5O. The Hall–Kier alpha value is -2.31. The Kier molecular flexibility index (Phi) is 4.18. The van der Waals surface area contributed by atoms with E-state index in [-0.39, 0.29) is 5.82 Å². The van der Waals surface area contributed by atoms with Crippen molar-refractivity contribution in [3.63, 3.8) is 0 Å². The molecule has 0 unspecified atom stereocenters. The topological polar surface area (TPSA) is 64.0 Å². The third-order valence-electron chi connectivity index (χ3n) is 3.57. The van der Waals surface area contributed by atoms with E-state index in [1.54, 1.807) is 18.6 Å². The van der Waals surface area contributed by atoms with E-state index in [2.05, 4.69) is 19.9 Å². The van der Waals surface area contributed by atoms with Crippen LogP contribution in [0.2, 0.25) is 0 Å². The summed E-state index contributed by atoms with van der Waals surface area (Å²) in [5.74, 6) is 1.000. The standard InChI is InChI=1S/C14H16FN5O/c15-12-7-17-10-19-14(12)20-5-1-11(2-6-20)9-21-13-8-16-3-4-18-13/h3-4,7-8,10-11H,1-2,5-6,9H2. The summed E-state index contributed by atoms with van der Waals surface area (Å²) in [6.07, 6.45) is 9.27. The number of ether oxygens (including phenoxy) is 1. The number of piperidine rings is 1. The second kappa shape index (κ2) is 6.43. The number of aromatic nitrogens is 4. The molecule has 0 bridgehead atoms. The van der Waals surface area contributed by atoms with Crippen LogP contribution in [-0.4, -0.2) is 39.6 Å². The Balaban J connectivity index is 1.50. The molecule has 0 radical (unpaired) electrons. The zero-order chi connectivity index (χ0) is 14.5. The van der Waals surface area contributed by atoms with Gasteiger partial charge in [-0.3, -0.25) is 4.98 Å². The van der Waals surface area contributed by atoms with E-state index in [1.165, 1.54) is 12.5 Å². The number of hydrogen-bond donors (Lipinski definition) is 0. The highest BCUT2D eigenvalue weighted by atomic mass is 19.1. The summed E-state index contributed by atoms with van der Waals surface area (Å²) >= 11 is 0. The minimum absolute atomic E-state index is 0.369. The largest absolute Gasteiger partial charge is 0.476 e. The fourth-order valence-corrected chi connectivity index (χ4v) is 2.41. The lowest BCUT2D eigenvalue weighted by Gasteiger charge is -2.32. The third kappa shape index (κ3) is 3.42. The Morgan fingerprint density at radius 3 is 2.71 bits per heavy atom. The molecule has 2 aromatic rings. The Labute approximate surface area is 122 Å². The summed E-state index contributed by atoms with van der Waals surface area (Å²) in [6.45, 7) is 2.14. The molecule has 1 aliphatic heterocycles. The van der Waals surface area contributed by atoms with E-state index in [4.69, 9.17) is 4.74 Å². The molecule has 1 saturated heterocycles. The number of hydrogen-bond acceptors (Lipinski definition) is 6. The average molecular weight is 289 g/mol. The molecule has 110 valence electrons. The fraction of sp³-hybridized carbons (Fsp3) is 0.429. The van der Waals surface area contributed by atoms with Crippen molar-refractivity contribution < 1.29 is 9.13 Å². The van der Waals surface area contributed by atoms with Crippen LogP contribution in [0.4, 0.5) is 10.2 Å². The minimum Gasteiger partial charge on any atom is -0.476 e. The van der Waals surface area contributed by atoms with Gasteiger partial charge in [0.1, 0.15) is 6.33 Å². The van der Waals surface area contributed by atoms with Crippen molar-refractivity contribution in [3.05, 3.63) is 36.9 Å². The molecule has 0 atom stereocenters. The van der Waals surface area contributed by atoms with Gasteiger partial charge >= 0.3 is 0 Å². The van der Waals surface area contributed by atoms with E-state index in [0.29, 0.717) is 24.2 Å². The van der Waals surface area contributed by atoms with Crippen LogP contribution in [0.3, 0.4) is 0 Å². The molecule has 3 heterocycles. The summed E-state index contributed by atoms with van der Waals surface area (Å²) in [7, 11) is 0. The van der Waals surface area contributed by atoms with Crippen molar-refractivity contribution in [2.75, 3.05) is 24.6 Å². The van der Waals surface area contributed by atoms with Crippen molar-refractivity contribution in [3.8, 4) is 5.88 Å². The molecule has 0 amide bonds. The summed E-state index contributed by atoms with van der Waals surface area (Å²) in [4.78, 5) is 17.7. The second-order valence-corrected chi connectivity index (χ2v) is 4.98. The predicted octanol–water partition coefficient (Wildman–Crippen LogP) is 1.70. The summed E-state index contributed by atoms with van der Waals surface area (Å²) < 4.78 is 19.3. The second-order valence-electron chi connectivity index (χ2n) is 4.98. The van der Waals surface area contributed by atoms with E-state index < -0.39 is 0 Å². The van der Waals surface area contributed by atoms with Gasteiger partial charge in [0.15, 0.2) is 11.6 Å². The van der Waals surface area contributed by atoms with Gasteiger partial charge in [0.05, 0.1) is 19.0 Å². The third-order valence-corrected chi connectivity index (χ3v) is 3.57. The van der Waals surface area contributed by atoms with Gasteiger partial charge < -0.3 is 9.64 Å². The molecule has 0 spiro atoms. The smallest absolute Gasteiger partial charge is 0.232 e. The molecule has 7 heteroatoms. The lowest BCUT2D eigenvalue weighted by Crippen LogP contribution is -2.36. The van der Waals surface area contributed by atoms with Gasteiger partial charge in [0.2, 0.25) is 5.88 Å². The maximum atomic E-state index is 13.6. The normalized spacial score (nSPS) is 16.0. The van der Waals surface area contributed by atoms with Gasteiger partial charge in [-0.1, -0.05) is 0 Å². The first-order chi connectivity index (χ1) is 10.3. The monoisotopic (exact) mass is 289 g/mol. The number of nitrogens with zero attached hydrogens (tertiary/aromatic N) is 5. The van der Waals surface area contributed by atoms with Crippen LogP contribution in [0, 0.1) is 11.7 Å². The van der Waals surface area contributed by atoms with E-state index >= 15 is 0 Å². The maximum absolute atomic E-state index is 13.6. The highest BCUT2D eigenvalue weighted by Crippen LogP contribution is 2.23. The van der Waals surface area contributed by atoms with Crippen molar-refractivity contribution in [1.82, 2.24) is 19.9 Å². The Morgan fingerprint density at radius 2 is 2.00 bits per heavy atom. The van der Waals surface area contributed by atoms with Crippen LogP contribution in [0.1, 0.15) is 12.8 Å². The highest BCUT2D eigenvalue weighted by molar-refractivity contribution is 5.38. The van der Waals surface area contributed by atoms with Crippen molar-refractivity contribution in [1.29, 1.82) is 0 Å². The van der Waals surface area contributed by atoms with Crippen molar-refractivity contribution in [2.45, 2.75) is 12.8 Å². The van der Waals surface area contributed by atoms with Crippen LogP contribution in [0.15, 0.2) is 31.1 Å². The van der Waals surface area contributed by atoms with Gasteiger partial charge in [0.25, 0.3) is 0 Å². The summed E-state index contributed by atoms with van der Waals surface area (Å²) in [5, 5.41) is 0. The highest BCUT2D eigenvalue weighted by Gasteiger charge is 2.22. The number of halogens is 1. The lowest BCUT2D eigenvalue weighted by atomic mass is 9.98. The molecule has 6 nitrogen and oxygen atoms in total. The zero-order valence-electron chi connectivity index (χ0n) is 11.5. The van der Waals surface area contributed by atoms with Crippen molar-refractivity contribution >= 4 is 5.82 Å². The molecule has 0 aromatic carbocycles. The first-order valence-corrected chi connectivity index (χ1v) is 6.92. The average Bonchev–Trinajstić information content (AvgIpc) is 2.55. The Morgan fingerprint density at radius 1 is 1.14 bits per heavy atom. The molecule has 1 fully saturated rings. The predicted molar refractivity (Wildman–Crippen MR) is 74.5 cm³/mol. The molecule has 0 aliphatic carbocycles. The number of rotatable bonds is 4. The number of anilines is 1.